The van der Waals surface area contributed by atoms with Gasteiger partial charge in [0.1, 0.15) is 0 Å². The van der Waals surface area contributed by atoms with E-state index in [0.29, 0.717) is 0 Å². The molecule has 0 bridgehead atoms. The number of rotatable bonds is 3. The number of likely N-dealkylation sites (N-methyl/N-ethyl adjacent to an activating group) is 1. The Hall–Kier alpha value is -1.65. The van der Waals surface area contributed by atoms with E-state index in [-0.39, 0.29) is 6.29 Å². The van der Waals surface area contributed by atoms with Crippen molar-refractivity contribution in [2.24, 2.45) is 4.99 Å². The molecule has 1 unspecified atom stereocenters. The largest absolute Gasteiger partial charge is 0.339 e. The Kier molecular flexibility index (Phi) is 3.72. The Balaban J connectivity index is 1.48. The summed E-state index contributed by atoms with van der Waals surface area (Å²) in [7, 11) is 0. The van der Waals surface area contributed by atoms with Gasteiger partial charge in [0.2, 0.25) is 0 Å². The molecule has 0 amide bonds. The molecule has 1 saturated heterocycles. The smallest absolute Gasteiger partial charge is 0.178 e. The minimum absolute atomic E-state index is 0.268. The van der Waals surface area contributed by atoms with Crippen LogP contribution in [-0.2, 0) is 6.54 Å². The highest BCUT2D eigenvalue weighted by atomic mass is 15.5. The van der Waals surface area contributed by atoms with E-state index < -0.39 is 0 Å². The standard InChI is InChI=1S/C18H24N4/c1-2-21-10-11-22-17-8-9-20(13-15-6-4-3-5-7-15)14-16(17)12-19-18(21)22/h3-7,12,18H,2,8-11,13-14H2,1H3. The molecule has 3 aliphatic rings. The van der Waals surface area contributed by atoms with Crippen molar-refractivity contribution in [3.63, 3.8) is 0 Å². The fraction of sp³-hybridized carbons (Fsp3) is 0.500. The molecule has 1 aromatic carbocycles. The highest BCUT2D eigenvalue weighted by Crippen LogP contribution is 2.31. The van der Waals surface area contributed by atoms with Gasteiger partial charge in [0, 0.05) is 56.6 Å². The Morgan fingerprint density at radius 1 is 1.14 bits per heavy atom. The van der Waals surface area contributed by atoms with E-state index >= 15 is 0 Å². The van der Waals surface area contributed by atoms with Gasteiger partial charge in [-0.2, -0.15) is 0 Å². The predicted octanol–water partition coefficient (Wildman–Crippen LogP) is 2.15. The van der Waals surface area contributed by atoms with E-state index in [4.69, 9.17) is 4.99 Å². The number of hydrogen-bond acceptors (Lipinski definition) is 4. The topological polar surface area (TPSA) is 22.1 Å². The van der Waals surface area contributed by atoms with Crippen molar-refractivity contribution < 1.29 is 0 Å². The average Bonchev–Trinajstić information content (AvgIpc) is 2.99. The monoisotopic (exact) mass is 296 g/mol. The van der Waals surface area contributed by atoms with Crippen LogP contribution in [0, 0.1) is 0 Å². The molecule has 0 aromatic heterocycles. The summed E-state index contributed by atoms with van der Waals surface area (Å²) >= 11 is 0. The van der Waals surface area contributed by atoms with E-state index in [0.717, 1.165) is 45.7 Å². The van der Waals surface area contributed by atoms with Crippen LogP contribution in [0.2, 0.25) is 0 Å². The van der Waals surface area contributed by atoms with E-state index in [1.54, 1.807) is 5.70 Å². The molecule has 0 spiro atoms. The second-order valence-electron chi connectivity index (χ2n) is 6.36. The normalized spacial score (nSPS) is 25.5. The summed E-state index contributed by atoms with van der Waals surface area (Å²) < 4.78 is 0. The summed E-state index contributed by atoms with van der Waals surface area (Å²) in [5.74, 6) is 0. The molecule has 1 aromatic rings. The molecule has 0 radical (unpaired) electrons. The van der Waals surface area contributed by atoms with E-state index in [2.05, 4.69) is 58.2 Å². The van der Waals surface area contributed by atoms with Crippen molar-refractivity contribution in [3.05, 3.63) is 47.2 Å². The van der Waals surface area contributed by atoms with Gasteiger partial charge in [0.15, 0.2) is 6.29 Å². The third-order valence-electron chi connectivity index (χ3n) is 5.03. The van der Waals surface area contributed by atoms with Crippen LogP contribution in [0.4, 0.5) is 0 Å². The van der Waals surface area contributed by atoms with Gasteiger partial charge in [-0.05, 0) is 12.1 Å². The summed E-state index contributed by atoms with van der Waals surface area (Å²) in [6, 6.07) is 10.8. The first kappa shape index (κ1) is 14.0. The van der Waals surface area contributed by atoms with Crippen molar-refractivity contribution in [2.45, 2.75) is 26.2 Å². The maximum atomic E-state index is 4.81. The Morgan fingerprint density at radius 3 is 2.82 bits per heavy atom. The summed E-state index contributed by atoms with van der Waals surface area (Å²) in [5, 5.41) is 0. The Bertz CT molecular complexity index is 592. The molecule has 0 N–H and O–H groups in total. The van der Waals surface area contributed by atoms with Gasteiger partial charge in [-0.25, -0.2) is 0 Å². The lowest BCUT2D eigenvalue weighted by Gasteiger charge is -2.39. The van der Waals surface area contributed by atoms with Crippen molar-refractivity contribution >= 4 is 6.21 Å². The molecular formula is C18H24N4. The SMILES string of the molecule is CCN1CCN2C3=C(C=NC12)CN(Cc1ccccc1)CC3. The lowest BCUT2D eigenvalue weighted by Crippen LogP contribution is -2.44. The van der Waals surface area contributed by atoms with Crippen LogP contribution in [0.1, 0.15) is 18.9 Å². The molecule has 4 nitrogen and oxygen atoms in total. The molecule has 1 atom stereocenters. The lowest BCUT2D eigenvalue weighted by atomic mass is 10.0. The first-order valence-corrected chi connectivity index (χ1v) is 8.37. The first-order chi connectivity index (χ1) is 10.8. The zero-order chi connectivity index (χ0) is 14.9. The number of aliphatic imine (C=N–C) groups is 1. The molecule has 3 heterocycles. The minimum atomic E-state index is 0.268. The molecular weight excluding hydrogens is 272 g/mol. The minimum Gasteiger partial charge on any atom is -0.339 e. The average molecular weight is 296 g/mol. The summed E-state index contributed by atoms with van der Waals surface area (Å²) in [6.45, 7) is 8.80. The highest BCUT2D eigenvalue weighted by molar-refractivity contribution is 5.81. The zero-order valence-electron chi connectivity index (χ0n) is 13.3. The Labute approximate surface area is 132 Å². The molecule has 0 aliphatic carbocycles. The van der Waals surface area contributed by atoms with Crippen LogP contribution >= 0.6 is 0 Å². The number of benzene rings is 1. The fourth-order valence-corrected chi connectivity index (χ4v) is 3.85. The molecule has 4 rings (SSSR count). The van der Waals surface area contributed by atoms with Crippen molar-refractivity contribution in [1.29, 1.82) is 0 Å². The molecule has 1 fully saturated rings. The van der Waals surface area contributed by atoms with Crippen LogP contribution in [0.3, 0.4) is 0 Å². The van der Waals surface area contributed by atoms with Crippen LogP contribution < -0.4 is 0 Å². The fourth-order valence-electron chi connectivity index (χ4n) is 3.85. The van der Waals surface area contributed by atoms with Gasteiger partial charge in [-0.3, -0.25) is 14.8 Å². The zero-order valence-corrected chi connectivity index (χ0v) is 13.3. The van der Waals surface area contributed by atoms with Gasteiger partial charge in [-0.1, -0.05) is 37.3 Å². The van der Waals surface area contributed by atoms with Crippen LogP contribution in [0.5, 0.6) is 0 Å². The third-order valence-corrected chi connectivity index (χ3v) is 5.03. The van der Waals surface area contributed by atoms with E-state index in [1.807, 2.05) is 0 Å². The van der Waals surface area contributed by atoms with Gasteiger partial charge in [0.25, 0.3) is 0 Å². The maximum Gasteiger partial charge on any atom is 0.178 e. The number of hydrogen-bond donors (Lipinski definition) is 0. The number of nitrogens with zero attached hydrogens (tertiary/aromatic N) is 4. The molecule has 22 heavy (non-hydrogen) atoms. The van der Waals surface area contributed by atoms with Gasteiger partial charge in [0.05, 0.1) is 0 Å². The summed E-state index contributed by atoms with van der Waals surface area (Å²) in [4.78, 5) is 12.3. The van der Waals surface area contributed by atoms with E-state index in [1.165, 1.54) is 11.1 Å². The lowest BCUT2D eigenvalue weighted by molar-refractivity contribution is 0.159. The quantitative estimate of drug-likeness (QED) is 0.853. The molecule has 0 saturated carbocycles. The second-order valence-corrected chi connectivity index (χ2v) is 6.36. The number of fused-ring (bicyclic) bond motifs is 2. The molecule has 4 heteroatoms. The van der Waals surface area contributed by atoms with Gasteiger partial charge >= 0.3 is 0 Å². The van der Waals surface area contributed by atoms with Crippen LogP contribution in [-0.4, -0.2) is 59.9 Å². The molecule has 116 valence electrons. The van der Waals surface area contributed by atoms with Crippen LogP contribution in [0.15, 0.2) is 46.6 Å². The highest BCUT2D eigenvalue weighted by Gasteiger charge is 2.36. The van der Waals surface area contributed by atoms with Crippen molar-refractivity contribution in [2.75, 3.05) is 32.7 Å². The first-order valence-electron chi connectivity index (χ1n) is 8.37. The third kappa shape index (κ3) is 2.46. The van der Waals surface area contributed by atoms with Crippen molar-refractivity contribution in [1.82, 2.24) is 14.7 Å². The second kappa shape index (κ2) is 5.86. The summed E-state index contributed by atoms with van der Waals surface area (Å²) in [6.07, 6.45) is 3.56. The Morgan fingerprint density at radius 2 is 2.00 bits per heavy atom. The predicted molar refractivity (Wildman–Crippen MR) is 89.6 cm³/mol. The van der Waals surface area contributed by atoms with Gasteiger partial charge in [-0.15, -0.1) is 0 Å². The van der Waals surface area contributed by atoms with Gasteiger partial charge < -0.3 is 4.90 Å². The van der Waals surface area contributed by atoms with E-state index in [9.17, 15) is 0 Å². The maximum absolute atomic E-state index is 4.81. The van der Waals surface area contributed by atoms with Crippen LogP contribution in [0.25, 0.3) is 0 Å². The molecule has 3 aliphatic heterocycles. The van der Waals surface area contributed by atoms with Crippen molar-refractivity contribution in [3.8, 4) is 0 Å². The summed E-state index contributed by atoms with van der Waals surface area (Å²) in [5.41, 5.74) is 4.37.